The van der Waals surface area contributed by atoms with Crippen molar-refractivity contribution in [3.05, 3.63) is 24.9 Å². The lowest BCUT2D eigenvalue weighted by atomic mass is 10.1. The van der Waals surface area contributed by atoms with Gasteiger partial charge in [-0.05, 0) is 6.07 Å². The fraction of sp³-hybridized carbons (Fsp3) is 0.400. The summed E-state index contributed by atoms with van der Waals surface area (Å²) in [6.45, 7) is 3.41. The van der Waals surface area contributed by atoms with Crippen molar-refractivity contribution >= 4 is 34.9 Å². The summed E-state index contributed by atoms with van der Waals surface area (Å²) < 4.78 is 28.9. The smallest absolute Gasteiger partial charge is 0.303 e. The first-order chi connectivity index (χ1) is 15.8. The van der Waals surface area contributed by atoms with E-state index >= 15 is 0 Å². The van der Waals surface area contributed by atoms with Crippen LogP contribution < -0.4 is 5.73 Å². The van der Waals surface area contributed by atoms with Crippen LogP contribution in [0.1, 0.15) is 27.0 Å². The lowest BCUT2D eigenvalue weighted by Crippen LogP contribution is -2.40. The van der Waals surface area contributed by atoms with Gasteiger partial charge in [0.25, 0.3) is 0 Å². The van der Waals surface area contributed by atoms with Gasteiger partial charge in [0, 0.05) is 20.8 Å². The van der Waals surface area contributed by atoms with Gasteiger partial charge in [-0.25, -0.2) is 15.0 Å². The summed E-state index contributed by atoms with van der Waals surface area (Å²) in [6, 6.07) is 1.66. The molecule has 4 heterocycles. The van der Waals surface area contributed by atoms with Crippen molar-refractivity contribution in [2.24, 2.45) is 0 Å². The largest absolute Gasteiger partial charge is 0.472 e. The summed E-state index contributed by atoms with van der Waals surface area (Å²) in [7, 11) is 0. The number of nitrogens with two attached hydrogens (primary N) is 1. The number of hydrogen-bond donors (Lipinski definition) is 1. The highest BCUT2D eigenvalue weighted by Gasteiger charge is 2.51. The maximum atomic E-state index is 12.0. The van der Waals surface area contributed by atoms with Gasteiger partial charge in [0.1, 0.15) is 31.1 Å². The minimum Gasteiger partial charge on any atom is -0.472 e. The number of rotatable bonds is 6. The zero-order valence-corrected chi connectivity index (χ0v) is 18.0. The number of esters is 3. The number of aromatic nitrogens is 4. The lowest BCUT2D eigenvalue weighted by Gasteiger charge is -2.24. The van der Waals surface area contributed by atoms with Crippen LogP contribution in [-0.4, -0.2) is 62.3 Å². The molecule has 4 atom stereocenters. The number of carbonyl (C=O) groups is 3. The van der Waals surface area contributed by atoms with E-state index in [0.29, 0.717) is 11.4 Å². The molecular weight excluding hydrogens is 438 g/mol. The van der Waals surface area contributed by atoms with Crippen LogP contribution in [0.2, 0.25) is 0 Å². The average Bonchev–Trinajstić information content (AvgIpc) is 3.45. The van der Waals surface area contributed by atoms with Gasteiger partial charge in [-0.15, -0.1) is 0 Å². The number of carbonyl (C=O) groups excluding carboxylic acids is 3. The van der Waals surface area contributed by atoms with Crippen LogP contribution in [0.3, 0.4) is 0 Å². The van der Waals surface area contributed by atoms with Crippen molar-refractivity contribution in [1.29, 1.82) is 0 Å². The number of ether oxygens (including phenoxy) is 4. The first-order valence-corrected chi connectivity index (χ1v) is 9.90. The third kappa shape index (κ3) is 4.35. The van der Waals surface area contributed by atoms with Gasteiger partial charge in [0.15, 0.2) is 35.4 Å². The SMILES string of the molecule is CC(=O)OC[C@H]1O[C@@H](n2c(-c3ccoc3)nc3c(N)ncnc32)[C@H](OC(C)=O)[C@@H]1OC(C)=O. The van der Waals surface area contributed by atoms with E-state index in [9.17, 15) is 14.4 Å². The standard InChI is InChI=1S/C20H21N5O8/c1-9(26)30-7-13-15(31-10(2)27)16(32-11(3)28)20(33-13)25-18(12-4-5-29-6-12)24-14-17(21)22-8-23-19(14)25/h4-6,8,13,15-16,20H,7H2,1-3H3,(H2,21,22,23)/t13-,15-,16-,20-/m1/s1. The summed E-state index contributed by atoms with van der Waals surface area (Å²) in [5, 5.41) is 0. The third-order valence-electron chi connectivity index (χ3n) is 4.88. The minimum atomic E-state index is -1.12. The van der Waals surface area contributed by atoms with E-state index in [2.05, 4.69) is 15.0 Å². The predicted octanol–water partition coefficient (Wildman–Crippen LogP) is 0.992. The van der Waals surface area contributed by atoms with E-state index in [0.717, 1.165) is 0 Å². The summed E-state index contributed by atoms with van der Waals surface area (Å²) in [5.74, 6) is -1.37. The minimum absolute atomic E-state index is 0.124. The fourth-order valence-electron chi connectivity index (χ4n) is 3.66. The number of imidazole rings is 1. The van der Waals surface area contributed by atoms with Crippen LogP contribution in [-0.2, 0) is 33.3 Å². The Bertz CT molecular complexity index is 1190. The normalized spacial score (nSPS) is 22.3. The second-order valence-electron chi connectivity index (χ2n) is 7.26. The number of fused-ring (bicyclic) bond motifs is 1. The number of nitrogen functional groups attached to an aromatic ring is 1. The van der Waals surface area contributed by atoms with Crippen LogP contribution in [0.25, 0.3) is 22.6 Å². The first-order valence-electron chi connectivity index (χ1n) is 9.90. The number of furan rings is 1. The molecule has 3 aromatic heterocycles. The molecule has 0 aliphatic carbocycles. The summed E-state index contributed by atoms with van der Waals surface area (Å²) in [6.07, 6.45) is -0.0419. The second-order valence-corrected chi connectivity index (χ2v) is 7.26. The Labute approximate surface area is 186 Å². The zero-order chi connectivity index (χ0) is 23.7. The van der Waals surface area contributed by atoms with Crippen LogP contribution in [0.5, 0.6) is 0 Å². The highest BCUT2D eigenvalue weighted by Crippen LogP contribution is 2.39. The quantitative estimate of drug-likeness (QED) is 0.410. The van der Waals surface area contributed by atoms with Crippen LogP contribution in [0, 0.1) is 0 Å². The van der Waals surface area contributed by atoms with E-state index in [1.165, 1.54) is 39.6 Å². The van der Waals surface area contributed by atoms with Crippen molar-refractivity contribution in [3.8, 4) is 11.4 Å². The van der Waals surface area contributed by atoms with Crippen molar-refractivity contribution in [3.63, 3.8) is 0 Å². The van der Waals surface area contributed by atoms with Gasteiger partial charge in [-0.3, -0.25) is 19.0 Å². The molecule has 2 N–H and O–H groups in total. The zero-order valence-electron chi connectivity index (χ0n) is 18.0. The molecule has 1 saturated heterocycles. The van der Waals surface area contributed by atoms with Crippen LogP contribution in [0.15, 0.2) is 29.3 Å². The predicted molar refractivity (Wildman–Crippen MR) is 109 cm³/mol. The van der Waals surface area contributed by atoms with Crippen LogP contribution >= 0.6 is 0 Å². The summed E-state index contributed by atoms with van der Waals surface area (Å²) in [4.78, 5) is 48.0. The molecule has 13 heteroatoms. The highest BCUT2D eigenvalue weighted by molar-refractivity contribution is 5.85. The Balaban J connectivity index is 1.87. The fourth-order valence-corrected chi connectivity index (χ4v) is 3.66. The lowest BCUT2D eigenvalue weighted by molar-refractivity contribution is -0.166. The van der Waals surface area contributed by atoms with E-state index in [1.807, 2.05) is 0 Å². The molecule has 1 aliphatic heterocycles. The summed E-state index contributed by atoms with van der Waals surface area (Å²) >= 11 is 0. The molecule has 0 saturated carbocycles. The number of hydrogen-bond acceptors (Lipinski definition) is 12. The molecule has 1 fully saturated rings. The monoisotopic (exact) mass is 459 g/mol. The Kier molecular flexibility index (Phi) is 5.96. The topological polar surface area (TPSA) is 171 Å². The molecule has 13 nitrogen and oxygen atoms in total. The van der Waals surface area contributed by atoms with Crippen LogP contribution in [0.4, 0.5) is 5.82 Å². The van der Waals surface area contributed by atoms with Crippen molar-refractivity contribution in [1.82, 2.24) is 19.5 Å². The molecule has 3 aromatic rings. The van der Waals surface area contributed by atoms with Gasteiger partial charge in [0.2, 0.25) is 0 Å². The molecule has 0 aromatic carbocycles. The Morgan fingerprint density at radius 2 is 1.82 bits per heavy atom. The molecule has 0 radical (unpaired) electrons. The highest BCUT2D eigenvalue weighted by atomic mass is 16.7. The molecular formula is C20H21N5O8. The Morgan fingerprint density at radius 1 is 1.09 bits per heavy atom. The van der Waals surface area contributed by atoms with E-state index in [4.69, 9.17) is 29.1 Å². The van der Waals surface area contributed by atoms with E-state index in [-0.39, 0.29) is 23.6 Å². The van der Waals surface area contributed by atoms with E-state index in [1.54, 1.807) is 10.6 Å². The molecule has 0 spiro atoms. The number of nitrogens with zero attached hydrogens (tertiary/aromatic N) is 4. The van der Waals surface area contributed by atoms with Gasteiger partial charge in [-0.1, -0.05) is 0 Å². The molecule has 1 aliphatic rings. The van der Waals surface area contributed by atoms with Gasteiger partial charge >= 0.3 is 17.9 Å². The molecule has 0 amide bonds. The number of anilines is 1. The van der Waals surface area contributed by atoms with Gasteiger partial charge < -0.3 is 29.1 Å². The van der Waals surface area contributed by atoms with Gasteiger partial charge in [-0.2, -0.15) is 0 Å². The second kappa shape index (κ2) is 8.86. The van der Waals surface area contributed by atoms with Crippen molar-refractivity contribution in [2.45, 2.75) is 45.3 Å². The molecule has 33 heavy (non-hydrogen) atoms. The molecule has 0 bridgehead atoms. The summed E-state index contributed by atoms with van der Waals surface area (Å²) in [5.41, 5.74) is 7.14. The molecule has 174 valence electrons. The van der Waals surface area contributed by atoms with Gasteiger partial charge in [0.05, 0.1) is 11.8 Å². The van der Waals surface area contributed by atoms with E-state index < -0.39 is 42.4 Å². The molecule has 4 rings (SSSR count). The van der Waals surface area contributed by atoms with Crippen molar-refractivity contribution < 1.29 is 37.7 Å². The van der Waals surface area contributed by atoms with Crippen molar-refractivity contribution in [2.75, 3.05) is 12.3 Å². The maximum absolute atomic E-state index is 12.0. The average molecular weight is 459 g/mol. The maximum Gasteiger partial charge on any atom is 0.303 e. The molecule has 0 unspecified atom stereocenters. The Hall–Kier alpha value is -4.00. The third-order valence-corrected chi connectivity index (χ3v) is 4.88. The first kappa shape index (κ1) is 22.2. The Morgan fingerprint density at radius 3 is 2.45 bits per heavy atom.